The van der Waals surface area contributed by atoms with Gasteiger partial charge in [0.25, 0.3) is 0 Å². The third-order valence-electron chi connectivity index (χ3n) is 1.98. The van der Waals surface area contributed by atoms with E-state index < -0.39 is 0 Å². The Kier molecular flexibility index (Phi) is 2.69. The van der Waals surface area contributed by atoms with Gasteiger partial charge in [-0.25, -0.2) is 5.10 Å². The lowest BCUT2D eigenvalue weighted by atomic mass is 10.1. The van der Waals surface area contributed by atoms with Crippen molar-refractivity contribution in [3.8, 4) is 12.1 Å². The standard InChI is InChI=1S/C10H9N5O/c11-5-7-3-1-2-4-8(7)6-16-10-13-9(12)14-15-10/h1-4H,6H2,(H3,12,13,14,15). The number of anilines is 1. The lowest BCUT2D eigenvalue weighted by Crippen LogP contribution is -1.99. The van der Waals surface area contributed by atoms with Crippen molar-refractivity contribution in [1.29, 1.82) is 5.26 Å². The number of hydrogen-bond donors (Lipinski definition) is 2. The maximum atomic E-state index is 8.86. The van der Waals surface area contributed by atoms with Crippen molar-refractivity contribution < 1.29 is 4.74 Å². The van der Waals surface area contributed by atoms with Gasteiger partial charge in [0.05, 0.1) is 11.6 Å². The van der Waals surface area contributed by atoms with Gasteiger partial charge in [0.2, 0.25) is 5.95 Å². The predicted molar refractivity (Wildman–Crippen MR) is 56.3 cm³/mol. The second-order valence-corrected chi connectivity index (χ2v) is 3.06. The van der Waals surface area contributed by atoms with Gasteiger partial charge in [-0.15, -0.1) is 5.10 Å². The fourth-order valence-electron chi connectivity index (χ4n) is 1.22. The molecule has 0 saturated heterocycles. The summed E-state index contributed by atoms with van der Waals surface area (Å²) in [6.07, 6.45) is 0. The monoisotopic (exact) mass is 215 g/mol. The Morgan fingerprint density at radius 1 is 1.44 bits per heavy atom. The zero-order valence-electron chi connectivity index (χ0n) is 8.34. The van der Waals surface area contributed by atoms with E-state index in [4.69, 9.17) is 15.7 Å². The normalized spacial score (nSPS) is 9.69. The summed E-state index contributed by atoms with van der Waals surface area (Å²) in [6.45, 7) is 0.237. The lowest BCUT2D eigenvalue weighted by Gasteiger charge is -2.02. The molecule has 0 radical (unpaired) electrons. The SMILES string of the molecule is N#Cc1ccccc1COc1n[nH]c(N)n1. The molecule has 1 heterocycles. The Hall–Kier alpha value is -2.55. The number of nitrogens with zero attached hydrogens (tertiary/aromatic N) is 3. The van der Waals surface area contributed by atoms with Gasteiger partial charge in [-0.1, -0.05) is 18.2 Å². The van der Waals surface area contributed by atoms with Gasteiger partial charge in [0.1, 0.15) is 6.61 Å². The minimum atomic E-state index is 0.172. The molecule has 0 aliphatic heterocycles. The minimum Gasteiger partial charge on any atom is -0.457 e. The van der Waals surface area contributed by atoms with Crippen LogP contribution in [-0.2, 0) is 6.61 Å². The maximum absolute atomic E-state index is 8.86. The molecule has 2 rings (SSSR count). The van der Waals surface area contributed by atoms with E-state index in [9.17, 15) is 0 Å². The van der Waals surface area contributed by atoms with Crippen LogP contribution in [0.15, 0.2) is 24.3 Å². The molecule has 0 unspecified atom stereocenters. The Labute approximate surface area is 91.7 Å². The highest BCUT2D eigenvalue weighted by Crippen LogP contribution is 2.11. The molecular weight excluding hydrogens is 206 g/mol. The summed E-state index contributed by atoms with van der Waals surface area (Å²) in [5, 5.41) is 15.0. The largest absolute Gasteiger partial charge is 0.457 e. The van der Waals surface area contributed by atoms with Crippen LogP contribution in [-0.4, -0.2) is 15.2 Å². The number of nitrogens with one attached hydrogen (secondary N) is 1. The van der Waals surface area contributed by atoms with Gasteiger partial charge in [-0.3, -0.25) is 0 Å². The Bertz CT molecular complexity index is 528. The number of ether oxygens (including phenoxy) is 1. The summed E-state index contributed by atoms with van der Waals surface area (Å²) >= 11 is 0. The molecule has 0 aliphatic rings. The lowest BCUT2D eigenvalue weighted by molar-refractivity contribution is 0.282. The second-order valence-electron chi connectivity index (χ2n) is 3.06. The molecule has 1 aromatic heterocycles. The summed E-state index contributed by atoms with van der Waals surface area (Å²) in [7, 11) is 0. The molecule has 6 heteroatoms. The van der Waals surface area contributed by atoms with E-state index >= 15 is 0 Å². The number of benzene rings is 1. The van der Waals surface area contributed by atoms with E-state index in [1.807, 2.05) is 12.1 Å². The Morgan fingerprint density at radius 2 is 2.25 bits per heavy atom. The van der Waals surface area contributed by atoms with Crippen molar-refractivity contribution >= 4 is 5.95 Å². The summed E-state index contributed by atoms with van der Waals surface area (Å²) in [4.78, 5) is 3.79. The number of H-pyrrole nitrogens is 1. The number of aromatic nitrogens is 3. The third kappa shape index (κ3) is 2.09. The molecule has 0 amide bonds. The fourth-order valence-corrected chi connectivity index (χ4v) is 1.22. The predicted octanol–water partition coefficient (Wildman–Crippen LogP) is 0.838. The first kappa shape index (κ1) is 9.98. The average Bonchev–Trinajstić information content (AvgIpc) is 2.73. The number of aromatic amines is 1. The maximum Gasteiger partial charge on any atom is 0.337 e. The van der Waals surface area contributed by atoms with Gasteiger partial charge in [-0.2, -0.15) is 10.2 Å². The zero-order valence-corrected chi connectivity index (χ0v) is 8.34. The highest BCUT2D eigenvalue weighted by molar-refractivity contribution is 5.37. The Morgan fingerprint density at radius 3 is 2.94 bits per heavy atom. The summed E-state index contributed by atoms with van der Waals surface area (Å²) in [6, 6.07) is 9.43. The number of nitrogens with two attached hydrogens (primary N) is 1. The second kappa shape index (κ2) is 4.31. The smallest absolute Gasteiger partial charge is 0.337 e. The first-order valence-electron chi connectivity index (χ1n) is 4.58. The van der Waals surface area contributed by atoms with Crippen molar-refractivity contribution in [3.63, 3.8) is 0 Å². The Balaban J connectivity index is 2.08. The van der Waals surface area contributed by atoms with Gasteiger partial charge >= 0.3 is 6.01 Å². The summed E-state index contributed by atoms with van der Waals surface area (Å²) < 4.78 is 5.27. The third-order valence-corrected chi connectivity index (χ3v) is 1.98. The highest BCUT2D eigenvalue weighted by atomic mass is 16.5. The van der Waals surface area contributed by atoms with E-state index in [1.165, 1.54) is 0 Å². The van der Waals surface area contributed by atoms with Gasteiger partial charge in [-0.05, 0) is 6.07 Å². The van der Waals surface area contributed by atoms with Crippen LogP contribution < -0.4 is 10.5 Å². The molecule has 6 nitrogen and oxygen atoms in total. The molecule has 0 fully saturated rings. The van der Waals surface area contributed by atoms with E-state index in [0.29, 0.717) is 5.56 Å². The summed E-state index contributed by atoms with van der Waals surface area (Å²) in [5.41, 5.74) is 6.70. The van der Waals surface area contributed by atoms with Crippen molar-refractivity contribution in [1.82, 2.24) is 15.2 Å². The van der Waals surface area contributed by atoms with Gasteiger partial charge in [0, 0.05) is 5.56 Å². The molecule has 0 saturated carbocycles. The van der Waals surface area contributed by atoms with Gasteiger partial charge in [0.15, 0.2) is 0 Å². The molecule has 80 valence electrons. The summed E-state index contributed by atoms with van der Waals surface area (Å²) in [5.74, 6) is 0.198. The van der Waals surface area contributed by atoms with E-state index in [1.54, 1.807) is 12.1 Å². The van der Waals surface area contributed by atoms with Crippen LogP contribution in [0.5, 0.6) is 6.01 Å². The van der Waals surface area contributed by atoms with Crippen molar-refractivity contribution in [2.45, 2.75) is 6.61 Å². The van der Waals surface area contributed by atoms with Gasteiger partial charge < -0.3 is 10.5 Å². The topological polar surface area (TPSA) is 101 Å². The van der Waals surface area contributed by atoms with Crippen LogP contribution in [0, 0.1) is 11.3 Å². The average molecular weight is 215 g/mol. The molecular formula is C10H9N5O. The molecule has 0 spiro atoms. The van der Waals surface area contributed by atoms with Crippen molar-refractivity contribution in [2.24, 2.45) is 0 Å². The number of nitriles is 1. The van der Waals surface area contributed by atoms with Crippen LogP contribution in [0.3, 0.4) is 0 Å². The van der Waals surface area contributed by atoms with Crippen LogP contribution in [0.4, 0.5) is 5.95 Å². The molecule has 0 bridgehead atoms. The zero-order chi connectivity index (χ0) is 11.4. The molecule has 16 heavy (non-hydrogen) atoms. The van der Waals surface area contributed by atoms with Crippen LogP contribution in [0.2, 0.25) is 0 Å². The molecule has 1 aromatic carbocycles. The highest BCUT2D eigenvalue weighted by Gasteiger charge is 2.04. The first-order chi connectivity index (χ1) is 7.79. The number of nitrogen functional groups attached to an aromatic ring is 1. The molecule has 2 aromatic rings. The van der Waals surface area contributed by atoms with E-state index in [-0.39, 0.29) is 18.6 Å². The van der Waals surface area contributed by atoms with Crippen molar-refractivity contribution in [2.75, 3.05) is 5.73 Å². The van der Waals surface area contributed by atoms with E-state index in [0.717, 1.165) is 5.56 Å². The molecule has 3 N–H and O–H groups in total. The quantitative estimate of drug-likeness (QED) is 0.789. The van der Waals surface area contributed by atoms with Crippen LogP contribution >= 0.6 is 0 Å². The first-order valence-corrected chi connectivity index (χ1v) is 4.58. The molecule has 0 aliphatic carbocycles. The van der Waals surface area contributed by atoms with E-state index in [2.05, 4.69) is 21.3 Å². The fraction of sp³-hybridized carbons (Fsp3) is 0.100. The minimum absolute atomic E-state index is 0.172. The number of rotatable bonds is 3. The number of hydrogen-bond acceptors (Lipinski definition) is 5. The van der Waals surface area contributed by atoms with Crippen LogP contribution in [0.1, 0.15) is 11.1 Å². The molecule has 0 atom stereocenters. The van der Waals surface area contributed by atoms with Crippen LogP contribution in [0.25, 0.3) is 0 Å². The van der Waals surface area contributed by atoms with Crippen molar-refractivity contribution in [3.05, 3.63) is 35.4 Å².